The predicted molar refractivity (Wildman–Crippen MR) is 74.5 cm³/mol. The second-order valence-corrected chi connectivity index (χ2v) is 6.67. The van der Waals surface area contributed by atoms with E-state index in [0.717, 1.165) is 16.6 Å². The van der Waals surface area contributed by atoms with Crippen LogP contribution >= 0.6 is 0 Å². The molecule has 6 nitrogen and oxygen atoms in total. The van der Waals surface area contributed by atoms with Gasteiger partial charge in [-0.25, -0.2) is 4.98 Å². The van der Waals surface area contributed by atoms with Crippen molar-refractivity contribution in [2.45, 2.75) is 13.0 Å². The molecule has 3 rings (SSSR count). The Labute approximate surface area is 121 Å². The van der Waals surface area contributed by atoms with Crippen molar-refractivity contribution in [2.24, 2.45) is 5.92 Å². The minimum atomic E-state index is -4.55. The molecule has 0 aliphatic carbocycles. The van der Waals surface area contributed by atoms with E-state index in [4.69, 9.17) is 0 Å². The number of carbonyl (C=O) groups is 1. The van der Waals surface area contributed by atoms with Gasteiger partial charge in [-0.2, -0.15) is 8.42 Å². The van der Waals surface area contributed by atoms with Crippen molar-refractivity contribution in [3.8, 4) is 0 Å². The average molecular weight is 311 g/mol. The van der Waals surface area contributed by atoms with Gasteiger partial charge in [0.15, 0.2) is 0 Å². The standard InChI is InChI=1S/C13H14FN3O3S/c14-21(19,20)8-9-5-12(18)17(6-9)7-10-1-3-15-13-11(10)2-4-16-13/h1-4,9H,5-8H2,(H,15,16). The highest BCUT2D eigenvalue weighted by atomic mass is 32.3. The number of aromatic amines is 1. The molecular formula is C13H14FN3O3S. The number of likely N-dealkylation sites (tertiary alicyclic amines) is 1. The summed E-state index contributed by atoms with van der Waals surface area (Å²) in [5, 5.41) is 0.923. The first-order chi connectivity index (χ1) is 9.92. The lowest BCUT2D eigenvalue weighted by atomic mass is 10.1. The molecule has 3 heterocycles. The summed E-state index contributed by atoms with van der Waals surface area (Å²) in [4.78, 5) is 20.7. The zero-order valence-electron chi connectivity index (χ0n) is 11.1. The first-order valence-electron chi connectivity index (χ1n) is 6.53. The van der Waals surface area contributed by atoms with Crippen molar-refractivity contribution in [3.63, 3.8) is 0 Å². The number of carbonyl (C=O) groups excluding carboxylic acids is 1. The molecule has 2 aromatic rings. The van der Waals surface area contributed by atoms with Crippen LogP contribution in [0.15, 0.2) is 24.5 Å². The van der Waals surface area contributed by atoms with Crippen LogP contribution in [-0.4, -0.2) is 41.5 Å². The fourth-order valence-corrected chi connectivity index (χ4v) is 3.55. The zero-order valence-corrected chi connectivity index (χ0v) is 11.9. The molecule has 1 saturated heterocycles. The Balaban J connectivity index is 1.76. The van der Waals surface area contributed by atoms with E-state index < -0.39 is 21.9 Å². The Hall–Kier alpha value is -1.96. The fraction of sp³-hybridized carbons (Fsp3) is 0.385. The smallest absolute Gasteiger partial charge is 0.302 e. The maximum atomic E-state index is 12.7. The summed E-state index contributed by atoms with van der Waals surface area (Å²) in [6, 6.07) is 3.70. The van der Waals surface area contributed by atoms with Crippen LogP contribution < -0.4 is 0 Å². The van der Waals surface area contributed by atoms with E-state index in [1.54, 1.807) is 17.3 Å². The van der Waals surface area contributed by atoms with Crippen LogP contribution in [0.25, 0.3) is 11.0 Å². The summed E-state index contributed by atoms with van der Waals surface area (Å²) in [5.74, 6) is -1.22. The van der Waals surface area contributed by atoms with E-state index in [1.165, 1.54) is 0 Å². The first-order valence-corrected chi connectivity index (χ1v) is 8.09. The number of hydrogen-bond acceptors (Lipinski definition) is 4. The summed E-state index contributed by atoms with van der Waals surface area (Å²) < 4.78 is 34.1. The molecule has 0 saturated carbocycles. The second kappa shape index (κ2) is 5.10. The van der Waals surface area contributed by atoms with E-state index in [1.807, 2.05) is 12.1 Å². The Morgan fingerprint density at radius 2 is 2.24 bits per heavy atom. The van der Waals surface area contributed by atoms with Gasteiger partial charge in [0.25, 0.3) is 0 Å². The third-order valence-corrected chi connectivity index (χ3v) is 4.51. The lowest BCUT2D eigenvalue weighted by Gasteiger charge is -2.16. The van der Waals surface area contributed by atoms with E-state index in [-0.39, 0.29) is 18.9 Å². The molecule has 1 aliphatic rings. The number of halogens is 1. The van der Waals surface area contributed by atoms with Crippen LogP contribution in [0.2, 0.25) is 0 Å². The Kier molecular flexibility index (Phi) is 3.40. The fourth-order valence-electron chi connectivity index (χ4n) is 2.76. The predicted octanol–water partition coefficient (Wildman–Crippen LogP) is 1.21. The van der Waals surface area contributed by atoms with Crippen molar-refractivity contribution in [2.75, 3.05) is 12.3 Å². The zero-order chi connectivity index (χ0) is 15.0. The number of hydrogen-bond donors (Lipinski definition) is 1. The Morgan fingerprint density at radius 3 is 3.00 bits per heavy atom. The molecule has 1 fully saturated rings. The van der Waals surface area contributed by atoms with Crippen LogP contribution in [0.5, 0.6) is 0 Å². The summed E-state index contributed by atoms with van der Waals surface area (Å²) in [7, 11) is -4.55. The molecule has 21 heavy (non-hydrogen) atoms. The van der Waals surface area contributed by atoms with Crippen molar-refractivity contribution >= 4 is 27.2 Å². The van der Waals surface area contributed by atoms with Crippen molar-refractivity contribution in [1.29, 1.82) is 0 Å². The number of aromatic nitrogens is 2. The van der Waals surface area contributed by atoms with Crippen LogP contribution in [0.1, 0.15) is 12.0 Å². The molecule has 1 unspecified atom stereocenters. The number of nitrogens with zero attached hydrogens (tertiary/aromatic N) is 2. The van der Waals surface area contributed by atoms with Crippen molar-refractivity contribution < 1.29 is 17.1 Å². The van der Waals surface area contributed by atoms with Gasteiger partial charge in [-0.1, -0.05) is 0 Å². The number of amides is 1. The molecule has 0 aromatic carbocycles. The monoisotopic (exact) mass is 311 g/mol. The van der Waals surface area contributed by atoms with E-state index in [2.05, 4.69) is 9.97 Å². The summed E-state index contributed by atoms with van der Waals surface area (Å²) in [5.41, 5.74) is 1.67. The van der Waals surface area contributed by atoms with Gasteiger partial charge in [0.1, 0.15) is 5.65 Å². The quantitative estimate of drug-likeness (QED) is 0.860. The molecule has 0 radical (unpaired) electrons. The molecule has 1 aliphatic heterocycles. The summed E-state index contributed by atoms with van der Waals surface area (Å²) in [6.07, 6.45) is 3.49. The highest BCUT2D eigenvalue weighted by Gasteiger charge is 2.32. The maximum Gasteiger partial charge on any atom is 0.302 e. The largest absolute Gasteiger partial charge is 0.346 e. The molecule has 8 heteroatoms. The number of pyridine rings is 1. The van der Waals surface area contributed by atoms with Crippen LogP contribution in [0.3, 0.4) is 0 Å². The maximum absolute atomic E-state index is 12.7. The molecule has 1 amide bonds. The second-order valence-electron chi connectivity index (χ2n) is 5.26. The van der Waals surface area contributed by atoms with Gasteiger partial charge in [-0.15, -0.1) is 3.89 Å². The summed E-state index contributed by atoms with van der Waals surface area (Å²) >= 11 is 0. The third kappa shape index (κ3) is 3.05. The van der Waals surface area contributed by atoms with E-state index in [9.17, 15) is 17.1 Å². The SMILES string of the molecule is O=C1CC(CS(=O)(=O)F)CN1Cc1ccnc2[nH]ccc12. The van der Waals surface area contributed by atoms with Crippen LogP contribution in [0.4, 0.5) is 3.89 Å². The van der Waals surface area contributed by atoms with Gasteiger partial charge in [0.05, 0.1) is 5.75 Å². The summed E-state index contributed by atoms with van der Waals surface area (Å²) in [6.45, 7) is 0.634. The number of rotatable bonds is 4. The first kappa shape index (κ1) is 14.0. The normalized spacial score (nSPS) is 19.6. The Bertz CT molecular complexity index is 787. The van der Waals surface area contributed by atoms with Gasteiger partial charge in [0, 0.05) is 43.2 Å². The molecule has 0 bridgehead atoms. The van der Waals surface area contributed by atoms with Crippen molar-refractivity contribution in [1.82, 2.24) is 14.9 Å². The highest BCUT2D eigenvalue weighted by Crippen LogP contribution is 2.24. The van der Waals surface area contributed by atoms with Gasteiger partial charge in [-0.3, -0.25) is 4.79 Å². The molecule has 112 valence electrons. The molecule has 0 spiro atoms. The van der Waals surface area contributed by atoms with Crippen LogP contribution in [-0.2, 0) is 21.6 Å². The number of H-pyrrole nitrogens is 1. The molecule has 1 atom stereocenters. The van der Waals surface area contributed by atoms with E-state index in [0.29, 0.717) is 6.54 Å². The lowest BCUT2D eigenvalue weighted by Crippen LogP contribution is -2.25. The van der Waals surface area contributed by atoms with Gasteiger partial charge < -0.3 is 9.88 Å². The van der Waals surface area contributed by atoms with E-state index >= 15 is 0 Å². The van der Waals surface area contributed by atoms with Crippen LogP contribution in [0, 0.1) is 5.92 Å². The Morgan fingerprint density at radius 1 is 1.43 bits per heavy atom. The molecular weight excluding hydrogens is 297 g/mol. The lowest BCUT2D eigenvalue weighted by molar-refractivity contribution is -0.128. The van der Waals surface area contributed by atoms with Crippen molar-refractivity contribution in [3.05, 3.63) is 30.1 Å². The average Bonchev–Trinajstić information content (AvgIpc) is 2.95. The van der Waals surface area contributed by atoms with Gasteiger partial charge in [0.2, 0.25) is 5.91 Å². The minimum Gasteiger partial charge on any atom is -0.346 e. The van der Waals surface area contributed by atoms with Gasteiger partial charge in [-0.05, 0) is 17.7 Å². The highest BCUT2D eigenvalue weighted by molar-refractivity contribution is 7.86. The topological polar surface area (TPSA) is 83.1 Å². The third-order valence-electron chi connectivity index (χ3n) is 3.64. The molecule has 1 N–H and O–H groups in total. The van der Waals surface area contributed by atoms with Gasteiger partial charge >= 0.3 is 10.2 Å². The number of fused-ring (bicyclic) bond motifs is 1. The molecule has 2 aromatic heterocycles. The minimum absolute atomic E-state index is 0.0739. The number of nitrogens with one attached hydrogen (secondary N) is 1.